The highest BCUT2D eigenvalue weighted by Crippen LogP contribution is 2.26. The third kappa shape index (κ3) is 3.29. The first-order chi connectivity index (χ1) is 13.5. The fraction of sp³-hybridized carbons (Fsp3) is 0.227. The summed E-state index contributed by atoms with van der Waals surface area (Å²) in [4.78, 5) is 19.2. The van der Waals surface area contributed by atoms with Gasteiger partial charge in [-0.05, 0) is 50.2 Å². The maximum atomic E-state index is 13.2. The molecule has 6 nitrogen and oxygen atoms in total. The van der Waals surface area contributed by atoms with Gasteiger partial charge in [-0.2, -0.15) is 5.10 Å². The van der Waals surface area contributed by atoms with Gasteiger partial charge in [0.25, 0.3) is 5.91 Å². The predicted molar refractivity (Wildman–Crippen MR) is 109 cm³/mol. The highest BCUT2D eigenvalue weighted by atomic mass is 16.2. The van der Waals surface area contributed by atoms with Crippen LogP contribution in [0.1, 0.15) is 35.9 Å². The van der Waals surface area contributed by atoms with Crippen LogP contribution in [-0.4, -0.2) is 37.0 Å². The normalized spacial score (nSPS) is 11.3. The highest BCUT2D eigenvalue weighted by Gasteiger charge is 2.20. The van der Waals surface area contributed by atoms with Gasteiger partial charge in [-0.15, -0.1) is 0 Å². The van der Waals surface area contributed by atoms with Gasteiger partial charge in [0.15, 0.2) is 0 Å². The lowest BCUT2D eigenvalue weighted by molar-refractivity contribution is 0.0785. The number of carbonyl (C=O) groups is 1. The first kappa shape index (κ1) is 18.0. The third-order valence-electron chi connectivity index (χ3n) is 4.78. The molecule has 4 aromatic heterocycles. The first-order valence-corrected chi connectivity index (χ1v) is 9.35. The molecule has 0 aromatic carbocycles. The molecule has 0 bridgehead atoms. The van der Waals surface area contributed by atoms with Crippen molar-refractivity contribution in [3.63, 3.8) is 0 Å². The predicted octanol–water partition coefficient (Wildman–Crippen LogP) is 4.05. The van der Waals surface area contributed by atoms with Gasteiger partial charge in [0.1, 0.15) is 5.69 Å². The van der Waals surface area contributed by atoms with Crippen LogP contribution >= 0.6 is 0 Å². The molecule has 0 radical (unpaired) electrons. The van der Waals surface area contributed by atoms with E-state index in [-0.39, 0.29) is 11.9 Å². The maximum Gasteiger partial charge on any atom is 0.256 e. The van der Waals surface area contributed by atoms with Gasteiger partial charge in [-0.1, -0.05) is 12.1 Å². The Labute approximate surface area is 164 Å². The molecule has 0 aliphatic rings. The van der Waals surface area contributed by atoms with Crippen LogP contribution in [0.2, 0.25) is 0 Å². The molecule has 142 valence electrons. The smallest absolute Gasteiger partial charge is 0.256 e. The minimum Gasteiger partial charge on any atom is -0.336 e. The topological polar surface area (TPSA) is 55.4 Å². The van der Waals surface area contributed by atoms with Crippen molar-refractivity contribution in [2.45, 2.75) is 26.4 Å². The maximum absolute atomic E-state index is 13.2. The Morgan fingerprint density at radius 3 is 2.64 bits per heavy atom. The van der Waals surface area contributed by atoms with Crippen LogP contribution in [-0.2, 0) is 6.54 Å². The number of rotatable bonds is 5. The second-order valence-corrected chi connectivity index (χ2v) is 7.16. The monoisotopic (exact) mass is 373 g/mol. The Balaban J connectivity index is 1.72. The van der Waals surface area contributed by atoms with Crippen LogP contribution in [0.15, 0.2) is 67.1 Å². The zero-order valence-corrected chi connectivity index (χ0v) is 16.3. The molecule has 0 fully saturated rings. The van der Waals surface area contributed by atoms with Crippen LogP contribution in [0, 0.1) is 0 Å². The van der Waals surface area contributed by atoms with Crippen molar-refractivity contribution in [2.75, 3.05) is 7.05 Å². The SMILES string of the molecule is CC(C)n1ccc(-c2cc(C(=O)N(C)Cc3ccccn3)c3ccccn23)n1. The number of amides is 1. The molecule has 0 aliphatic carbocycles. The standard InChI is InChI=1S/C22H23N5O/c1-16(2)27-13-10-19(24-27)21-14-18(20-9-5-7-12-26(20)21)22(28)25(3)15-17-8-4-6-11-23-17/h4-14,16H,15H2,1-3H3. The summed E-state index contributed by atoms with van der Waals surface area (Å²) in [6.07, 6.45) is 5.68. The van der Waals surface area contributed by atoms with Crippen LogP contribution in [0.5, 0.6) is 0 Å². The summed E-state index contributed by atoms with van der Waals surface area (Å²) in [7, 11) is 1.80. The molecule has 0 unspecified atom stereocenters. The Kier molecular flexibility index (Phi) is 4.69. The minimum atomic E-state index is -0.0381. The summed E-state index contributed by atoms with van der Waals surface area (Å²) < 4.78 is 3.95. The number of nitrogens with zero attached hydrogens (tertiary/aromatic N) is 5. The molecular weight excluding hydrogens is 350 g/mol. The molecule has 0 aliphatic heterocycles. The Morgan fingerprint density at radius 2 is 1.93 bits per heavy atom. The van der Waals surface area contributed by atoms with Gasteiger partial charge < -0.3 is 9.30 Å². The van der Waals surface area contributed by atoms with Gasteiger partial charge in [-0.25, -0.2) is 0 Å². The van der Waals surface area contributed by atoms with Crippen molar-refractivity contribution in [3.05, 3.63) is 78.4 Å². The van der Waals surface area contributed by atoms with Crippen molar-refractivity contribution in [1.29, 1.82) is 0 Å². The summed E-state index contributed by atoms with van der Waals surface area (Å²) in [6.45, 7) is 4.64. The Bertz CT molecular complexity index is 1110. The van der Waals surface area contributed by atoms with E-state index in [1.807, 2.05) is 70.0 Å². The van der Waals surface area contributed by atoms with Gasteiger partial charge in [0, 0.05) is 31.7 Å². The van der Waals surface area contributed by atoms with Crippen molar-refractivity contribution in [2.24, 2.45) is 0 Å². The second-order valence-electron chi connectivity index (χ2n) is 7.16. The van der Waals surface area contributed by atoms with Gasteiger partial charge in [0.05, 0.1) is 29.0 Å². The largest absolute Gasteiger partial charge is 0.336 e. The average Bonchev–Trinajstić information content (AvgIpc) is 3.33. The van der Waals surface area contributed by atoms with Gasteiger partial charge in [0.2, 0.25) is 0 Å². The van der Waals surface area contributed by atoms with Crippen LogP contribution in [0.25, 0.3) is 16.9 Å². The Morgan fingerprint density at radius 1 is 1.11 bits per heavy atom. The number of hydrogen-bond donors (Lipinski definition) is 0. The lowest BCUT2D eigenvalue weighted by Crippen LogP contribution is -2.26. The number of fused-ring (bicyclic) bond motifs is 1. The molecule has 4 rings (SSSR count). The van der Waals surface area contributed by atoms with Crippen LogP contribution in [0.4, 0.5) is 0 Å². The molecule has 1 amide bonds. The molecule has 6 heteroatoms. The average molecular weight is 373 g/mol. The molecule has 0 saturated heterocycles. The fourth-order valence-electron chi connectivity index (χ4n) is 3.30. The van der Waals surface area contributed by atoms with E-state index in [4.69, 9.17) is 0 Å². The summed E-state index contributed by atoms with van der Waals surface area (Å²) >= 11 is 0. The van der Waals surface area contributed by atoms with E-state index in [0.717, 1.165) is 22.6 Å². The van der Waals surface area contributed by atoms with Crippen molar-refractivity contribution >= 4 is 11.4 Å². The molecule has 4 heterocycles. The van der Waals surface area contributed by atoms with E-state index in [1.165, 1.54) is 0 Å². The highest BCUT2D eigenvalue weighted by molar-refractivity contribution is 6.02. The number of aromatic nitrogens is 4. The number of hydrogen-bond acceptors (Lipinski definition) is 3. The quantitative estimate of drug-likeness (QED) is 0.530. The second kappa shape index (κ2) is 7.31. The summed E-state index contributed by atoms with van der Waals surface area (Å²) in [6, 6.07) is 15.8. The molecule has 0 N–H and O–H groups in total. The van der Waals surface area contributed by atoms with Crippen molar-refractivity contribution < 1.29 is 4.79 Å². The first-order valence-electron chi connectivity index (χ1n) is 9.35. The Hall–Kier alpha value is -3.41. The van der Waals surface area contributed by atoms with Crippen LogP contribution in [0.3, 0.4) is 0 Å². The third-order valence-corrected chi connectivity index (χ3v) is 4.78. The van der Waals surface area contributed by atoms with E-state index in [0.29, 0.717) is 12.1 Å². The molecule has 28 heavy (non-hydrogen) atoms. The zero-order chi connectivity index (χ0) is 19.7. The van der Waals surface area contributed by atoms with E-state index >= 15 is 0 Å². The number of pyridine rings is 2. The van der Waals surface area contributed by atoms with E-state index < -0.39 is 0 Å². The van der Waals surface area contributed by atoms with Crippen molar-refractivity contribution in [1.82, 2.24) is 24.1 Å². The molecule has 0 atom stereocenters. The number of carbonyl (C=O) groups excluding carboxylic acids is 1. The molecule has 0 spiro atoms. The summed E-state index contributed by atoms with van der Waals surface area (Å²) in [5.41, 5.74) is 4.14. The summed E-state index contributed by atoms with van der Waals surface area (Å²) in [5.74, 6) is -0.0381. The van der Waals surface area contributed by atoms with E-state index in [2.05, 4.69) is 23.9 Å². The molecular formula is C22H23N5O. The van der Waals surface area contributed by atoms with E-state index in [1.54, 1.807) is 18.1 Å². The summed E-state index contributed by atoms with van der Waals surface area (Å²) in [5, 5.41) is 4.68. The van der Waals surface area contributed by atoms with Gasteiger partial charge in [-0.3, -0.25) is 14.5 Å². The van der Waals surface area contributed by atoms with Crippen LogP contribution < -0.4 is 0 Å². The lowest BCUT2D eigenvalue weighted by atomic mass is 10.2. The minimum absolute atomic E-state index is 0.0381. The molecule has 4 aromatic rings. The lowest BCUT2D eigenvalue weighted by Gasteiger charge is -2.16. The van der Waals surface area contributed by atoms with Gasteiger partial charge >= 0.3 is 0 Å². The van der Waals surface area contributed by atoms with E-state index in [9.17, 15) is 4.79 Å². The molecule has 0 saturated carbocycles. The zero-order valence-electron chi connectivity index (χ0n) is 16.3. The van der Waals surface area contributed by atoms with Crippen molar-refractivity contribution in [3.8, 4) is 11.4 Å². The fourth-order valence-corrected chi connectivity index (χ4v) is 3.30.